The number of aldehydes is 1. The van der Waals surface area contributed by atoms with Crippen molar-refractivity contribution >= 4 is 6.29 Å². The molecule has 0 saturated carbocycles. The molecule has 16 heavy (non-hydrogen) atoms. The van der Waals surface area contributed by atoms with E-state index in [-0.39, 0.29) is 0 Å². The minimum absolute atomic E-state index is 0.535. The number of hydrogen-bond acceptors (Lipinski definition) is 3. The van der Waals surface area contributed by atoms with Crippen molar-refractivity contribution in [3.63, 3.8) is 0 Å². The third-order valence-electron chi connectivity index (χ3n) is 2.47. The van der Waals surface area contributed by atoms with E-state index < -0.39 is 0 Å². The number of rotatable bonds is 3. The number of nitrogens with zero attached hydrogens (tertiary/aromatic N) is 3. The largest absolute Gasteiger partial charge is 0.296 e. The van der Waals surface area contributed by atoms with E-state index in [2.05, 4.69) is 10.3 Å². The van der Waals surface area contributed by atoms with E-state index in [4.69, 9.17) is 0 Å². The van der Waals surface area contributed by atoms with E-state index in [1.807, 2.05) is 38.1 Å². The Morgan fingerprint density at radius 2 is 2.25 bits per heavy atom. The van der Waals surface area contributed by atoms with Crippen LogP contribution in [0.5, 0.6) is 0 Å². The number of hydrogen-bond donors (Lipinski definition) is 0. The van der Waals surface area contributed by atoms with Crippen molar-refractivity contribution < 1.29 is 4.79 Å². The van der Waals surface area contributed by atoms with E-state index >= 15 is 0 Å². The Morgan fingerprint density at radius 1 is 1.44 bits per heavy atom. The number of carbonyl (C=O) groups excluding carboxylic acids is 1. The van der Waals surface area contributed by atoms with E-state index in [0.717, 1.165) is 23.2 Å². The molecule has 0 aliphatic carbocycles. The Balaban J connectivity index is 2.55. The van der Waals surface area contributed by atoms with Crippen LogP contribution in [0.1, 0.15) is 28.7 Å². The fourth-order valence-electron chi connectivity index (χ4n) is 1.64. The van der Waals surface area contributed by atoms with Crippen molar-refractivity contribution in [2.75, 3.05) is 0 Å². The van der Waals surface area contributed by atoms with Gasteiger partial charge in [0.25, 0.3) is 0 Å². The van der Waals surface area contributed by atoms with Gasteiger partial charge < -0.3 is 0 Å². The van der Waals surface area contributed by atoms with E-state index in [9.17, 15) is 4.79 Å². The molecule has 1 heterocycles. The Labute approximate surface area is 93.9 Å². The second kappa shape index (κ2) is 4.26. The van der Waals surface area contributed by atoms with Gasteiger partial charge in [0.1, 0.15) is 5.69 Å². The van der Waals surface area contributed by atoms with Gasteiger partial charge in [0.15, 0.2) is 6.29 Å². The van der Waals surface area contributed by atoms with Crippen molar-refractivity contribution in [2.24, 2.45) is 0 Å². The summed E-state index contributed by atoms with van der Waals surface area (Å²) in [6, 6.07) is 7.82. The smallest absolute Gasteiger partial charge is 0.170 e. The Morgan fingerprint density at radius 3 is 2.88 bits per heavy atom. The molecule has 0 aliphatic heterocycles. The molecular weight excluding hydrogens is 202 g/mol. The second-order valence-corrected chi connectivity index (χ2v) is 3.64. The number of carbonyl (C=O) groups is 1. The molecule has 2 rings (SSSR count). The molecule has 0 unspecified atom stereocenters. The van der Waals surface area contributed by atoms with Crippen LogP contribution in [0.15, 0.2) is 24.3 Å². The van der Waals surface area contributed by atoms with Crippen molar-refractivity contribution in [3.05, 3.63) is 41.2 Å². The molecule has 82 valence electrons. The van der Waals surface area contributed by atoms with Crippen LogP contribution >= 0.6 is 0 Å². The van der Waals surface area contributed by atoms with E-state index in [1.54, 1.807) is 4.68 Å². The van der Waals surface area contributed by atoms with Gasteiger partial charge in [0.2, 0.25) is 0 Å². The van der Waals surface area contributed by atoms with Crippen LogP contribution in [0.2, 0.25) is 0 Å². The molecule has 4 nitrogen and oxygen atoms in total. The standard InChI is InChI=1S/C12H13N3O/c1-3-11-12(8-16)15(14-13-11)10-6-4-5-9(2)7-10/h4-8H,3H2,1-2H3. The van der Waals surface area contributed by atoms with Crippen LogP contribution in [0, 0.1) is 6.92 Å². The average Bonchev–Trinajstić information content (AvgIpc) is 2.71. The quantitative estimate of drug-likeness (QED) is 0.735. The summed E-state index contributed by atoms with van der Waals surface area (Å²) < 4.78 is 1.58. The highest BCUT2D eigenvalue weighted by Gasteiger charge is 2.11. The first-order valence-electron chi connectivity index (χ1n) is 5.23. The third-order valence-corrected chi connectivity index (χ3v) is 2.47. The highest BCUT2D eigenvalue weighted by atomic mass is 16.1. The molecule has 0 aliphatic rings. The zero-order valence-corrected chi connectivity index (χ0v) is 9.34. The highest BCUT2D eigenvalue weighted by molar-refractivity contribution is 5.74. The summed E-state index contributed by atoms with van der Waals surface area (Å²) in [6.07, 6.45) is 1.51. The van der Waals surface area contributed by atoms with Gasteiger partial charge in [0.05, 0.1) is 11.4 Å². The second-order valence-electron chi connectivity index (χ2n) is 3.64. The first-order chi connectivity index (χ1) is 7.76. The maximum absolute atomic E-state index is 11.0. The van der Waals surface area contributed by atoms with Gasteiger partial charge in [-0.2, -0.15) is 0 Å². The van der Waals surface area contributed by atoms with Gasteiger partial charge >= 0.3 is 0 Å². The van der Waals surface area contributed by atoms with Crippen LogP contribution in [0.4, 0.5) is 0 Å². The predicted molar refractivity (Wildman–Crippen MR) is 60.9 cm³/mol. The lowest BCUT2D eigenvalue weighted by molar-refractivity contribution is 0.111. The molecule has 0 fully saturated rings. The molecule has 2 aromatic rings. The zero-order chi connectivity index (χ0) is 11.5. The minimum Gasteiger partial charge on any atom is -0.296 e. The molecule has 4 heteroatoms. The number of aromatic nitrogens is 3. The number of aryl methyl sites for hydroxylation is 2. The summed E-state index contributed by atoms with van der Waals surface area (Å²) in [5.41, 5.74) is 3.27. The molecular formula is C12H13N3O. The molecule has 0 amide bonds. The maximum atomic E-state index is 11.0. The summed E-state index contributed by atoms with van der Waals surface area (Å²) in [7, 11) is 0. The van der Waals surface area contributed by atoms with E-state index in [0.29, 0.717) is 12.1 Å². The van der Waals surface area contributed by atoms with Crippen molar-refractivity contribution in [3.8, 4) is 5.69 Å². The van der Waals surface area contributed by atoms with Gasteiger partial charge in [-0.25, -0.2) is 4.68 Å². The van der Waals surface area contributed by atoms with Crippen molar-refractivity contribution in [1.82, 2.24) is 15.0 Å². The molecule has 0 bridgehead atoms. The van der Waals surface area contributed by atoms with Gasteiger partial charge in [-0.3, -0.25) is 4.79 Å². The van der Waals surface area contributed by atoms with Gasteiger partial charge in [-0.1, -0.05) is 24.3 Å². The lowest BCUT2D eigenvalue weighted by atomic mass is 10.2. The number of benzene rings is 1. The van der Waals surface area contributed by atoms with Crippen molar-refractivity contribution in [1.29, 1.82) is 0 Å². The SMILES string of the molecule is CCc1nnn(-c2cccc(C)c2)c1C=O. The topological polar surface area (TPSA) is 47.8 Å². The van der Waals surface area contributed by atoms with Crippen LogP contribution in [0.25, 0.3) is 5.69 Å². The van der Waals surface area contributed by atoms with Gasteiger partial charge in [-0.05, 0) is 31.0 Å². The van der Waals surface area contributed by atoms with Gasteiger partial charge in [0, 0.05) is 0 Å². The molecule has 1 aromatic heterocycles. The zero-order valence-electron chi connectivity index (χ0n) is 9.34. The average molecular weight is 215 g/mol. The first kappa shape index (κ1) is 10.5. The Hall–Kier alpha value is -1.97. The van der Waals surface area contributed by atoms with Crippen LogP contribution in [-0.4, -0.2) is 21.3 Å². The summed E-state index contributed by atoms with van der Waals surface area (Å²) in [6.45, 7) is 3.96. The molecule has 0 N–H and O–H groups in total. The molecule has 1 aromatic carbocycles. The molecule has 0 saturated heterocycles. The van der Waals surface area contributed by atoms with Crippen LogP contribution < -0.4 is 0 Å². The summed E-state index contributed by atoms with van der Waals surface area (Å²) >= 11 is 0. The molecule has 0 spiro atoms. The Bertz CT molecular complexity index is 517. The molecule has 0 radical (unpaired) electrons. The Kier molecular flexibility index (Phi) is 2.81. The fraction of sp³-hybridized carbons (Fsp3) is 0.250. The highest BCUT2D eigenvalue weighted by Crippen LogP contribution is 2.13. The predicted octanol–water partition coefficient (Wildman–Crippen LogP) is 1.95. The first-order valence-corrected chi connectivity index (χ1v) is 5.23. The fourth-order valence-corrected chi connectivity index (χ4v) is 1.64. The summed E-state index contributed by atoms with van der Waals surface area (Å²) in [4.78, 5) is 11.0. The van der Waals surface area contributed by atoms with Crippen LogP contribution in [0.3, 0.4) is 0 Å². The maximum Gasteiger partial charge on any atom is 0.170 e. The van der Waals surface area contributed by atoms with E-state index in [1.165, 1.54) is 0 Å². The lowest BCUT2D eigenvalue weighted by Gasteiger charge is -2.03. The monoisotopic (exact) mass is 215 g/mol. The van der Waals surface area contributed by atoms with Gasteiger partial charge in [-0.15, -0.1) is 5.10 Å². The third kappa shape index (κ3) is 1.74. The van der Waals surface area contributed by atoms with Crippen molar-refractivity contribution in [2.45, 2.75) is 20.3 Å². The summed E-state index contributed by atoms with van der Waals surface area (Å²) in [5, 5.41) is 8.00. The lowest BCUT2D eigenvalue weighted by Crippen LogP contribution is -2.02. The normalized spacial score (nSPS) is 10.4. The molecule has 0 atom stereocenters. The van der Waals surface area contributed by atoms with Crippen LogP contribution in [-0.2, 0) is 6.42 Å². The minimum atomic E-state index is 0.535. The summed E-state index contributed by atoms with van der Waals surface area (Å²) in [5.74, 6) is 0.